The summed E-state index contributed by atoms with van der Waals surface area (Å²) < 4.78 is 4.88. The van der Waals surface area contributed by atoms with Crippen LogP contribution in [0.5, 0.6) is 5.75 Å². The Morgan fingerprint density at radius 3 is 2.48 bits per heavy atom. The molecule has 5 atom stereocenters. The molecule has 6 N–H and O–H groups in total. The molecule has 0 amide bonds. The minimum Gasteiger partial charge on any atom is -0.507 e. The molecule has 0 radical (unpaired) electrons. The fourth-order valence-corrected chi connectivity index (χ4v) is 2.34. The fourth-order valence-electron chi connectivity index (χ4n) is 2.34. The van der Waals surface area contributed by atoms with E-state index in [4.69, 9.17) is 9.84 Å². The number of aliphatic hydroxyl groups is 4. The van der Waals surface area contributed by atoms with E-state index in [9.17, 15) is 30.3 Å². The van der Waals surface area contributed by atoms with Crippen molar-refractivity contribution in [3.63, 3.8) is 0 Å². The number of rotatable bonds is 4. The maximum absolute atomic E-state index is 11.0. The van der Waals surface area contributed by atoms with Crippen molar-refractivity contribution < 1.29 is 40.2 Å². The van der Waals surface area contributed by atoms with Gasteiger partial charge in [-0.1, -0.05) is 30.4 Å². The molecule has 0 aromatic heterocycles. The fraction of sp³-hybridized carbons (Fsp3) is 0.400. The second-order valence-electron chi connectivity index (χ2n) is 5.31. The average Bonchev–Trinajstić information content (AvgIpc) is 2.51. The van der Waals surface area contributed by atoms with E-state index in [1.807, 2.05) is 0 Å². The monoisotopic (exact) mass is 326 g/mol. The van der Waals surface area contributed by atoms with Crippen LogP contribution in [0, 0.1) is 0 Å². The van der Waals surface area contributed by atoms with Crippen molar-refractivity contribution in [2.45, 2.75) is 36.6 Å². The van der Waals surface area contributed by atoms with Crippen LogP contribution in [0.4, 0.5) is 0 Å². The number of aliphatic carboxylic acids is 1. The molecule has 8 heteroatoms. The van der Waals surface area contributed by atoms with E-state index in [0.29, 0.717) is 5.56 Å². The third-order valence-corrected chi connectivity index (χ3v) is 3.66. The zero-order valence-corrected chi connectivity index (χ0v) is 12.0. The van der Waals surface area contributed by atoms with Crippen LogP contribution in [0.15, 0.2) is 30.3 Å². The lowest BCUT2D eigenvalue weighted by Gasteiger charge is -2.44. The molecule has 0 spiro atoms. The van der Waals surface area contributed by atoms with Gasteiger partial charge in [0.25, 0.3) is 0 Å². The van der Waals surface area contributed by atoms with Crippen LogP contribution in [-0.2, 0) is 9.53 Å². The van der Waals surface area contributed by atoms with E-state index in [0.717, 1.165) is 0 Å². The largest absolute Gasteiger partial charge is 0.507 e. The lowest BCUT2D eigenvalue weighted by Crippen LogP contribution is -2.65. The molecule has 8 nitrogen and oxygen atoms in total. The third kappa shape index (κ3) is 3.52. The van der Waals surface area contributed by atoms with Gasteiger partial charge in [-0.05, 0) is 6.07 Å². The summed E-state index contributed by atoms with van der Waals surface area (Å²) in [6.07, 6.45) is -5.11. The molecule has 0 aliphatic carbocycles. The topological polar surface area (TPSA) is 148 Å². The van der Waals surface area contributed by atoms with Gasteiger partial charge in [0.05, 0.1) is 0 Å². The molecule has 126 valence electrons. The van der Waals surface area contributed by atoms with Crippen molar-refractivity contribution >= 4 is 12.0 Å². The Morgan fingerprint density at radius 1 is 1.22 bits per heavy atom. The van der Waals surface area contributed by atoms with Crippen LogP contribution in [0.2, 0.25) is 0 Å². The molecular weight excluding hydrogens is 308 g/mol. The first-order valence-corrected chi connectivity index (χ1v) is 6.88. The number of ether oxygens (including phenoxy) is 1. The summed E-state index contributed by atoms with van der Waals surface area (Å²) in [6.45, 7) is 0. The third-order valence-electron chi connectivity index (χ3n) is 3.66. The van der Waals surface area contributed by atoms with Gasteiger partial charge in [0.1, 0.15) is 24.1 Å². The highest BCUT2D eigenvalue weighted by molar-refractivity contribution is 5.73. The predicted octanol–water partition coefficient (Wildman–Crippen LogP) is -0.950. The van der Waals surface area contributed by atoms with E-state index >= 15 is 0 Å². The Balaban J connectivity index is 2.16. The van der Waals surface area contributed by atoms with Gasteiger partial charge >= 0.3 is 5.97 Å². The van der Waals surface area contributed by atoms with Crippen LogP contribution in [0.1, 0.15) is 12.0 Å². The van der Waals surface area contributed by atoms with Crippen LogP contribution in [-0.4, -0.2) is 66.8 Å². The molecule has 1 aliphatic heterocycles. The Labute approximate surface area is 131 Å². The molecule has 0 bridgehead atoms. The summed E-state index contributed by atoms with van der Waals surface area (Å²) in [5, 5.41) is 58.0. The molecule has 0 unspecified atom stereocenters. The number of aromatic hydroxyl groups is 1. The summed E-state index contributed by atoms with van der Waals surface area (Å²) in [6, 6.07) is 6.37. The van der Waals surface area contributed by atoms with Gasteiger partial charge < -0.3 is 35.4 Å². The van der Waals surface area contributed by atoms with Crippen LogP contribution in [0.3, 0.4) is 0 Å². The summed E-state index contributed by atoms with van der Waals surface area (Å²) in [5.41, 5.74) is 0.441. The summed E-state index contributed by atoms with van der Waals surface area (Å²) in [5.74, 6) is -3.96. The van der Waals surface area contributed by atoms with Crippen molar-refractivity contribution in [2.24, 2.45) is 0 Å². The molecule has 1 aromatic rings. The molecule has 23 heavy (non-hydrogen) atoms. The Kier molecular flexibility index (Phi) is 5.03. The minimum atomic E-state index is -2.39. The second kappa shape index (κ2) is 6.65. The zero-order valence-electron chi connectivity index (χ0n) is 12.0. The molecule has 1 saturated heterocycles. The van der Waals surface area contributed by atoms with Crippen LogP contribution in [0.25, 0.3) is 6.08 Å². The first-order valence-electron chi connectivity index (χ1n) is 6.88. The first kappa shape index (κ1) is 17.4. The van der Waals surface area contributed by atoms with E-state index in [1.54, 1.807) is 18.2 Å². The number of phenols is 1. The number of para-hydroxylation sites is 1. The summed E-state index contributed by atoms with van der Waals surface area (Å²) >= 11 is 0. The van der Waals surface area contributed by atoms with Gasteiger partial charge in [-0.25, -0.2) is 4.79 Å². The highest BCUT2D eigenvalue weighted by atomic mass is 16.7. The lowest BCUT2D eigenvalue weighted by atomic mass is 9.90. The first-order chi connectivity index (χ1) is 10.8. The Bertz CT molecular complexity index is 601. The van der Waals surface area contributed by atoms with E-state index in [-0.39, 0.29) is 12.2 Å². The zero-order chi connectivity index (χ0) is 17.2. The van der Waals surface area contributed by atoms with Crippen molar-refractivity contribution in [3.8, 4) is 5.75 Å². The molecule has 2 rings (SSSR count). The second-order valence-corrected chi connectivity index (χ2v) is 5.31. The molecule has 1 fully saturated rings. The Morgan fingerprint density at radius 2 is 1.87 bits per heavy atom. The average molecular weight is 326 g/mol. The lowest BCUT2D eigenvalue weighted by molar-refractivity contribution is -0.339. The number of hydrogen-bond acceptors (Lipinski definition) is 7. The highest BCUT2D eigenvalue weighted by Gasteiger charge is 2.54. The summed E-state index contributed by atoms with van der Waals surface area (Å²) in [4.78, 5) is 11.0. The number of carboxylic acids is 1. The molecular formula is C15H18O8. The quantitative estimate of drug-likeness (QED) is 0.415. The van der Waals surface area contributed by atoms with Crippen LogP contribution < -0.4 is 0 Å². The maximum Gasteiger partial charge on any atom is 0.335 e. The number of benzene rings is 1. The predicted molar refractivity (Wildman–Crippen MR) is 77.2 cm³/mol. The number of phenolic OH excluding ortho intramolecular Hbond substituents is 1. The number of aliphatic hydroxyl groups excluding tert-OH is 3. The number of carbonyl (C=O) groups is 1. The smallest absolute Gasteiger partial charge is 0.335 e. The standard InChI is InChI=1S/C15H18O8/c16-9-6-2-1-4-8(9)5-3-7-15(22)13(19)11(18)10(17)12(23-15)14(20)21/h1-6,10-13,16-19,22H,7H2,(H,20,21)/b5-3+/t10-,11-,12-,13+,15+/m0/s1. The molecule has 0 saturated carbocycles. The summed E-state index contributed by atoms with van der Waals surface area (Å²) in [7, 11) is 0. The van der Waals surface area contributed by atoms with Gasteiger partial charge in [-0.15, -0.1) is 0 Å². The van der Waals surface area contributed by atoms with Gasteiger partial charge in [0.15, 0.2) is 11.9 Å². The number of hydrogen-bond donors (Lipinski definition) is 6. The molecule has 1 aromatic carbocycles. The Hall–Kier alpha value is -1.97. The van der Waals surface area contributed by atoms with Gasteiger partial charge in [0, 0.05) is 12.0 Å². The maximum atomic E-state index is 11.0. The minimum absolute atomic E-state index is 0.000259. The van der Waals surface area contributed by atoms with Crippen molar-refractivity contribution in [2.75, 3.05) is 0 Å². The van der Waals surface area contributed by atoms with E-state index in [2.05, 4.69) is 0 Å². The van der Waals surface area contributed by atoms with E-state index in [1.165, 1.54) is 18.2 Å². The van der Waals surface area contributed by atoms with Crippen LogP contribution >= 0.6 is 0 Å². The van der Waals surface area contributed by atoms with Crippen molar-refractivity contribution in [1.29, 1.82) is 0 Å². The van der Waals surface area contributed by atoms with Gasteiger partial charge in [0.2, 0.25) is 0 Å². The van der Waals surface area contributed by atoms with Crippen molar-refractivity contribution in [3.05, 3.63) is 35.9 Å². The highest BCUT2D eigenvalue weighted by Crippen LogP contribution is 2.31. The van der Waals surface area contributed by atoms with Gasteiger partial charge in [-0.2, -0.15) is 0 Å². The van der Waals surface area contributed by atoms with Crippen molar-refractivity contribution in [1.82, 2.24) is 0 Å². The normalized spacial score (nSPS) is 34.6. The van der Waals surface area contributed by atoms with E-state index < -0.39 is 36.2 Å². The molecule has 1 heterocycles. The van der Waals surface area contributed by atoms with Gasteiger partial charge in [-0.3, -0.25) is 0 Å². The molecule has 1 aliphatic rings. The number of carboxylic acid groups (broad SMARTS) is 1. The SMILES string of the molecule is O=C(O)[C@H]1O[C@](O)(C/C=C/c2ccccc2O)[C@H](O)[C@@H](O)[C@@H]1O.